The molecule has 4 rings (SSSR count). The van der Waals surface area contributed by atoms with E-state index in [9.17, 15) is 5.26 Å². The van der Waals surface area contributed by atoms with Crippen LogP contribution < -0.4 is 9.64 Å². The fourth-order valence-electron chi connectivity index (χ4n) is 3.87. The predicted octanol–water partition coefficient (Wildman–Crippen LogP) is 2.99. The van der Waals surface area contributed by atoms with Crippen LogP contribution in [0.3, 0.4) is 0 Å². The molecule has 0 aliphatic carbocycles. The fourth-order valence-corrected chi connectivity index (χ4v) is 3.87. The second-order valence-corrected chi connectivity index (χ2v) is 6.89. The number of piperidine rings is 1. The van der Waals surface area contributed by atoms with Gasteiger partial charge in [0.2, 0.25) is 5.88 Å². The summed E-state index contributed by atoms with van der Waals surface area (Å²) < 4.78 is 7.47. The standard InChI is InChI=1S/C21H22N6O/c1-28-21-18(12-22)19(6-8-25-21)26-10-3-5-17(15-26)20-24-9-11-27(20)14-16-4-2-7-23-13-16/h2,4,6-9,11,13,17H,3,5,10,14-15H2,1H3. The zero-order valence-electron chi connectivity index (χ0n) is 15.8. The lowest BCUT2D eigenvalue weighted by molar-refractivity contribution is 0.396. The van der Waals surface area contributed by atoms with E-state index in [-0.39, 0.29) is 0 Å². The number of pyridine rings is 2. The van der Waals surface area contributed by atoms with Crippen LogP contribution in [-0.2, 0) is 6.54 Å². The number of nitriles is 1. The molecule has 0 saturated carbocycles. The first-order valence-corrected chi connectivity index (χ1v) is 9.38. The molecule has 0 spiro atoms. The molecule has 1 atom stereocenters. The number of anilines is 1. The molecule has 1 unspecified atom stereocenters. The van der Waals surface area contributed by atoms with Gasteiger partial charge in [-0.1, -0.05) is 6.07 Å². The number of imidazole rings is 1. The molecule has 0 aromatic carbocycles. The molecule has 7 nitrogen and oxygen atoms in total. The SMILES string of the molecule is COc1nccc(N2CCCC(c3nccn3Cc3cccnc3)C2)c1C#N. The highest BCUT2D eigenvalue weighted by atomic mass is 16.5. The van der Waals surface area contributed by atoms with Crippen LogP contribution in [0.25, 0.3) is 0 Å². The van der Waals surface area contributed by atoms with Gasteiger partial charge in [0.05, 0.1) is 19.3 Å². The highest BCUT2D eigenvalue weighted by molar-refractivity contribution is 5.63. The maximum Gasteiger partial charge on any atom is 0.233 e. The third-order valence-corrected chi connectivity index (χ3v) is 5.15. The van der Waals surface area contributed by atoms with Crippen molar-refractivity contribution in [3.8, 4) is 11.9 Å². The third-order valence-electron chi connectivity index (χ3n) is 5.15. The quantitative estimate of drug-likeness (QED) is 0.683. The maximum absolute atomic E-state index is 9.60. The van der Waals surface area contributed by atoms with Crippen molar-refractivity contribution in [2.45, 2.75) is 25.3 Å². The summed E-state index contributed by atoms with van der Waals surface area (Å²) in [7, 11) is 1.54. The largest absolute Gasteiger partial charge is 0.480 e. The van der Waals surface area contributed by atoms with Gasteiger partial charge in [-0.2, -0.15) is 5.26 Å². The van der Waals surface area contributed by atoms with E-state index < -0.39 is 0 Å². The summed E-state index contributed by atoms with van der Waals surface area (Å²) in [5.41, 5.74) is 2.52. The van der Waals surface area contributed by atoms with Crippen molar-refractivity contribution in [1.29, 1.82) is 5.26 Å². The van der Waals surface area contributed by atoms with Crippen LogP contribution >= 0.6 is 0 Å². The first-order valence-electron chi connectivity index (χ1n) is 9.38. The van der Waals surface area contributed by atoms with E-state index in [1.165, 1.54) is 0 Å². The van der Waals surface area contributed by atoms with Crippen molar-refractivity contribution in [3.05, 3.63) is 66.1 Å². The molecule has 0 bridgehead atoms. The molecule has 1 fully saturated rings. The van der Waals surface area contributed by atoms with Crippen molar-refractivity contribution in [3.63, 3.8) is 0 Å². The lowest BCUT2D eigenvalue weighted by atomic mass is 9.96. The van der Waals surface area contributed by atoms with Crippen LogP contribution in [-0.4, -0.2) is 39.7 Å². The number of hydrogen-bond acceptors (Lipinski definition) is 6. The van der Waals surface area contributed by atoms with Gasteiger partial charge in [0.15, 0.2) is 0 Å². The van der Waals surface area contributed by atoms with Gasteiger partial charge < -0.3 is 14.2 Å². The lowest BCUT2D eigenvalue weighted by Gasteiger charge is -2.34. The molecule has 142 valence electrons. The zero-order chi connectivity index (χ0) is 19.3. The number of aromatic nitrogens is 4. The molecule has 3 aromatic heterocycles. The van der Waals surface area contributed by atoms with Gasteiger partial charge in [0, 0.05) is 50.0 Å². The Morgan fingerprint density at radius 2 is 2.18 bits per heavy atom. The zero-order valence-corrected chi connectivity index (χ0v) is 15.8. The molecule has 3 aromatic rings. The summed E-state index contributed by atoms with van der Waals surface area (Å²) in [4.78, 5) is 15.3. The van der Waals surface area contributed by atoms with E-state index >= 15 is 0 Å². The summed E-state index contributed by atoms with van der Waals surface area (Å²) >= 11 is 0. The van der Waals surface area contributed by atoms with E-state index in [4.69, 9.17) is 4.74 Å². The average molecular weight is 374 g/mol. The van der Waals surface area contributed by atoms with Crippen molar-refractivity contribution >= 4 is 5.69 Å². The minimum Gasteiger partial charge on any atom is -0.480 e. The Balaban J connectivity index is 1.58. The molecule has 0 N–H and O–H groups in total. The van der Waals surface area contributed by atoms with Crippen molar-refractivity contribution in [2.24, 2.45) is 0 Å². The maximum atomic E-state index is 9.60. The smallest absolute Gasteiger partial charge is 0.233 e. The molecular weight excluding hydrogens is 352 g/mol. The number of ether oxygens (including phenoxy) is 1. The molecule has 7 heteroatoms. The number of methoxy groups -OCH3 is 1. The summed E-state index contributed by atoms with van der Waals surface area (Å²) in [5, 5.41) is 9.60. The van der Waals surface area contributed by atoms with E-state index in [1.807, 2.05) is 30.7 Å². The highest BCUT2D eigenvalue weighted by Gasteiger charge is 2.27. The second-order valence-electron chi connectivity index (χ2n) is 6.89. The molecule has 4 heterocycles. The van der Waals surface area contributed by atoms with E-state index in [0.29, 0.717) is 17.4 Å². The third kappa shape index (κ3) is 3.54. The first kappa shape index (κ1) is 18.0. The van der Waals surface area contributed by atoms with E-state index in [0.717, 1.165) is 49.6 Å². The Morgan fingerprint density at radius 3 is 2.96 bits per heavy atom. The second kappa shape index (κ2) is 8.09. The number of hydrogen-bond donors (Lipinski definition) is 0. The average Bonchev–Trinajstić information content (AvgIpc) is 3.22. The van der Waals surface area contributed by atoms with Gasteiger partial charge in [-0.15, -0.1) is 0 Å². The lowest BCUT2D eigenvalue weighted by Crippen LogP contribution is -2.36. The van der Waals surface area contributed by atoms with Gasteiger partial charge in [-0.05, 0) is 30.5 Å². The molecular formula is C21H22N6O. The molecule has 1 aliphatic rings. The van der Waals surface area contributed by atoms with Crippen LogP contribution in [0, 0.1) is 11.3 Å². The summed E-state index contributed by atoms with van der Waals surface area (Å²) in [6.45, 7) is 2.47. The van der Waals surface area contributed by atoms with Gasteiger partial charge in [-0.3, -0.25) is 4.98 Å². The van der Waals surface area contributed by atoms with Crippen LogP contribution in [0.2, 0.25) is 0 Å². The molecule has 1 saturated heterocycles. The monoisotopic (exact) mass is 374 g/mol. The first-order chi connectivity index (χ1) is 13.8. The summed E-state index contributed by atoms with van der Waals surface area (Å²) in [5.74, 6) is 1.75. The Kier molecular flexibility index (Phi) is 5.20. The predicted molar refractivity (Wildman–Crippen MR) is 105 cm³/mol. The van der Waals surface area contributed by atoms with Crippen LogP contribution in [0.5, 0.6) is 5.88 Å². The van der Waals surface area contributed by atoms with Crippen LogP contribution in [0.15, 0.2) is 49.2 Å². The highest BCUT2D eigenvalue weighted by Crippen LogP contribution is 2.33. The summed E-state index contributed by atoms with van der Waals surface area (Å²) in [6.07, 6.45) is 11.4. The minimum absolute atomic E-state index is 0.297. The molecule has 0 radical (unpaired) electrons. The summed E-state index contributed by atoms with van der Waals surface area (Å²) in [6, 6.07) is 8.17. The van der Waals surface area contributed by atoms with E-state index in [2.05, 4.69) is 36.6 Å². The molecule has 28 heavy (non-hydrogen) atoms. The van der Waals surface area contributed by atoms with Crippen molar-refractivity contribution in [2.75, 3.05) is 25.1 Å². The van der Waals surface area contributed by atoms with Crippen molar-refractivity contribution < 1.29 is 4.74 Å². The molecule has 0 amide bonds. The van der Waals surface area contributed by atoms with Gasteiger partial charge in [0.25, 0.3) is 0 Å². The van der Waals surface area contributed by atoms with Crippen LogP contribution in [0.1, 0.15) is 35.7 Å². The number of rotatable bonds is 5. The fraction of sp³-hybridized carbons (Fsp3) is 0.333. The minimum atomic E-state index is 0.297. The van der Waals surface area contributed by atoms with Gasteiger partial charge >= 0.3 is 0 Å². The molecule has 1 aliphatic heterocycles. The normalized spacial score (nSPS) is 16.6. The van der Waals surface area contributed by atoms with Gasteiger partial charge in [0.1, 0.15) is 17.5 Å². The Labute approximate surface area is 164 Å². The number of nitrogens with zero attached hydrogens (tertiary/aromatic N) is 6. The van der Waals surface area contributed by atoms with Gasteiger partial charge in [-0.25, -0.2) is 9.97 Å². The van der Waals surface area contributed by atoms with Crippen LogP contribution in [0.4, 0.5) is 5.69 Å². The Morgan fingerprint density at radius 1 is 1.25 bits per heavy atom. The Bertz CT molecular complexity index is 978. The Hall–Kier alpha value is -3.40. The topological polar surface area (TPSA) is 79.9 Å². The van der Waals surface area contributed by atoms with Crippen molar-refractivity contribution in [1.82, 2.24) is 19.5 Å². The van der Waals surface area contributed by atoms with E-state index in [1.54, 1.807) is 19.5 Å².